The Balaban J connectivity index is 1.48. The van der Waals surface area contributed by atoms with Crippen molar-refractivity contribution in [2.24, 2.45) is 5.92 Å². The van der Waals surface area contributed by atoms with Crippen LogP contribution in [0.15, 0.2) is 30.3 Å². The molecule has 0 bridgehead atoms. The summed E-state index contributed by atoms with van der Waals surface area (Å²) in [5.74, 6) is 3.06. The summed E-state index contributed by atoms with van der Waals surface area (Å²) in [4.78, 5) is 2.61. The second-order valence-electron chi connectivity index (χ2n) is 6.94. The zero-order chi connectivity index (χ0) is 16.8. The van der Waals surface area contributed by atoms with Crippen LogP contribution < -0.4 is 4.72 Å². The van der Waals surface area contributed by atoms with E-state index < -0.39 is 10.0 Å². The van der Waals surface area contributed by atoms with Crippen molar-refractivity contribution in [3.8, 4) is 0 Å². The lowest BCUT2D eigenvalue weighted by molar-refractivity contribution is 0.118. The molecule has 24 heavy (non-hydrogen) atoms. The molecule has 3 rings (SSSR count). The Morgan fingerprint density at radius 1 is 1.12 bits per heavy atom. The molecule has 0 aliphatic carbocycles. The van der Waals surface area contributed by atoms with Gasteiger partial charge < -0.3 is 4.90 Å². The summed E-state index contributed by atoms with van der Waals surface area (Å²) >= 11 is 2.06. The van der Waals surface area contributed by atoms with E-state index >= 15 is 0 Å². The topological polar surface area (TPSA) is 49.4 Å². The highest BCUT2D eigenvalue weighted by Gasteiger charge is 2.27. The Kier molecular flexibility index (Phi) is 6.61. The average Bonchev–Trinajstić information content (AvgIpc) is 2.62. The molecule has 2 fully saturated rings. The van der Waals surface area contributed by atoms with E-state index in [1.54, 1.807) is 0 Å². The summed E-state index contributed by atoms with van der Waals surface area (Å²) in [6.45, 7) is 2.80. The van der Waals surface area contributed by atoms with Gasteiger partial charge in [-0.2, -0.15) is 11.8 Å². The van der Waals surface area contributed by atoms with E-state index in [4.69, 9.17) is 0 Å². The molecular formula is C18H28N2O2S2. The summed E-state index contributed by atoms with van der Waals surface area (Å²) in [7, 11) is -3.25. The van der Waals surface area contributed by atoms with E-state index in [0.717, 1.165) is 24.6 Å². The Hall–Kier alpha value is -0.560. The minimum absolute atomic E-state index is 0.0735. The van der Waals surface area contributed by atoms with Crippen molar-refractivity contribution in [3.63, 3.8) is 0 Å². The molecule has 0 saturated carbocycles. The number of hydrogen-bond donors (Lipinski definition) is 1. The average molecular weight is 369 g/mol. The molecule has 2 heterocycles. The van der Waals surface area contributed by atoms with Crippen molar-refractivity contribution < 1.29 is 8.42 Å². The highest BCUT2D eigenvalue weighted by atomic mass is 32.2. The second-order valence-corrected chi connectivity index (χ2v) is 9.97. The quantitative estimate of drug-likeness (QED) is 0.839. The largest absolute Gasteiger partial charge is 0.300 e. The summed E-state index contributed by atoms with van der Waals surface area (Å²) < 4.78 is 27.4. The molecule has 0 amide bonds. The first-order chi connectivity index (χ1) is 11.6. The predicted molar refractivity (Wildman–Crippen MR) is 102 cm³/mol. The Morgan fingerprint density at radius 2 is 1.88 bits per heavy atom. The molecule has 134 valence electrons. The van der Waals surface area contributed by atoms with Crippen molar-refractivity contribution in [3.05, 3.63) is 35.9 Å². The zero-order valence-corrected chi connectivity index (χ0v) is 15.8. The summed E-state index contributed by atoms with van der Waals surface area (Å²) in [5.41, 5.74) is 0.843. The number of likely N-dealkylation sites (tertiary alicyclic amines) is 1. The number of sulfonamides is 1. The molecule has 2 aliphatic heterocycles. The summed E-state index contributed by atoms with van der Waals surface area (Å²) in [5, 5.41) is 0. The molecule has 2 saturated heterocycles. The lowest BCUT2D eigenvalue weighted by Gasteiger charge is -2.39. The number of nitrogens with zero attached hydrogens (tertiary/aromatic N) is 1. The summed E-state index contributed by atoms with van der Waals surface area (Å²) in [6, 6.07) is 10.1. The van der Waals surface area contributed by atoms with Gasteiger partial charge in [0.05, 0.1) is 5.75 Å². The smallest absolute Gasteiger partial charge is 0.215 e. The normalized spacial score (nSPS) is 24.1. The lowest BCUT2D eigenvalue weighted by Crippen LogP contribution is -2.46. The molecule has 0 spiro atoms. The molecule has 0 unspecified atom stereocenters. The Labute approximate surface area is 150 Å². The minimum atomic E-state index is -3.25. The molecule has 1 aromatic carbocycles. The van der Waals surface area contributed by atoms with Crippen LogP contribution in [0.2, 0.25) is 0 Å². The van der Waals surface area contributed by atoms with Gasteiger partial charge in [-0.05, 0) is 55.2 Å². The lowest BCUT2D eigenvalue weighted by atomic mass is 9.95. The third kappa shape index (κ3) is 5.48. The number of thioether (sulfide) groups is 1. The number of rotatable bonds is 6. The predicted octanol–water partition coefficient (Wildman–Crippen LogP) is 2.71. The van der Waals surface area contributed by atoms with Crippen molar-refractivity contribution in [2.45, 2.75) is 37.5 Å². The van der Waals surface area contributed by atoms with Gasteiger partial charge in [-0.1, -0.05) is 30.3 Å². The molecule has 1 atom stereocenters. The van der Waals surface area contributed by atoms with Crippen molar-refractivity contribution >= 4 is 21.8 Å². The molecule has 4 nitrogen and oxygen atoms in total. The molecule has 1 N–H and O–H groups in total. The van der Waals surface area contributed by atoms with Gasteiger partial charge in [-0.15, -0.1) is 0 Å². The highest BCUT2D eigenvalue weighted by molar-refractivity contribution is 7.99. The van der Waals surface area contributed by atoms with Gasteiger partial charge in [-0.3, -0.25) is 0 Å². The molecule has 2 aliphatic rings. The fraction of sp³-hybridized carbons (Fsp3) is 0.667. The maximum absolute atomic E-state index is 12.3. The first-order valence-corrected chi connectivity index (χ1v) is 11.8. The van der Waals surface area contributed by atoms with Crippen LogP contribution >= 0.6 is 11.8 Å². The minimum Gasteiger partial charge on any atom is -0.300 e. The van der Waals surface area contributed by atoms with Crippen LogP contribution in [0.5, 0.6) is 0 Å². The van der Waals surface area contributed by atoms with Gasteiger partial charge >= 0.3 is 0 Å². The molecule has 1 aromatic rings. The Morgan fingerprint density at radius 3 is 2.62 bits per heavy atom. The number of benzene rings is 1. The first-order valence-electron chi connectivity index (χ1n) is 8.95. The fourth-order valence-corrected chi connectivity index (χ4v) is 6.04. The van der Waals surface area contributed by atoms with Crippen molar-refractivity contribution in [1.29, 1.82) is 0 Å². The van der Waals surface area contributed by atoms with E-state index in [1.165, 1.54) is 37.3 Å². The highest BCUT2D eigenvalue weighted by Crippen LogP contribution is 2.26. The molecular weight excluding hydrogens is 340 g/mol. The Bertz CT molecular complexity index is 601. The second kappa shape index (κ2) is 8.70. The molecule has 6 heteroatoms. The van der Waals surface area contributed by atoms with Crippen molar-refractivity contribution in [2.75, 3.05) is 31.1 Å². The third-order valence-corrected chi connectivity index (χ3v) is 7.42. The monoisotopic (exact) mass is 368 g/mol. The van der Waals surface area contributed by atoms with Crippen LogP contribution in [-0.2, 0) is 15.8 Å². The third-order valence-electron chi connectivity index (χ3n) is 5.05. The first kappa shape index (κ1) is 18.2. The van der Waals surface area contributed by atoms with Gasteiger partial charge in [-0.25, -0.2) is 13.1 Å². The van der Waals surface area contributed by atoms with E-state index in [-0.39, 0.29) is 5.75 Å². The van der Waals surface area contributed by atoms with Crippen LogP contribution in [0.4, 0.5) is 0 Å². The SMILES string of the molecule is O=S(=O)(Cc1ccccc1)NC[C@H]1CCCN(C2CCSCC2)C1. The van der Waals surface area contributed by atoms with E-state index in [1.807, 2.05) is 30.3 Å². The van der Waals surface area contributed by atoms with Gasteiger partial charge in [0, 0.05) is 19.1 Å². The van der Waals surface area contributed by atoms with Gasteiger partial charge in [0.15, 0.2) is 0 Å². The standard InChI is InChI=1S/C18H28N2O2S2/c21-24(22,15-16-5-2-1-3-6-16)19-13-17-7-4-10-20(14-17)18-8-11-23-12-9-18/h1-3,5-6,17-19H,4,7-15H2/t17-/m1/s1. The van der Waals surface area contributed by atoms with Crippen LogP contribution in [0.25, 0.3) is 0 Å². The van der Waals surface area contributed by atoms with Crippen LogP contribution in [-0.4, -0.2) is 50.5 Å². The maximum Gasteiger partial charge on any atom is 0.215 e. The number of piperidine rings is 1. The van der Waals surface area contributed by atoms with E-state index in [2.05, 4.69) is 21.4 Å². The maximum atomic E-state index is 12.3. The van der Waals surface area contributed by atoms with E-state index in [0.29, 0.717) is 12.5 Å². The van der Waals surface area contributed by atoms with Crippen LogP contribution in [0, 0.1) is 5.92 Å². The van der Waals surface area contributed by atoms with E-state index in [9.17, 15) is 8.42 Å². The van der Waals surface area contributed by atoms with Crippen LogP contribution in [0.1, 0.15) is 31.2 Å². The van der Waals surface area contributed by atoms with Gasteiger partial charge in [0.2, 0.25) is 10.0 Å². The fourth-order valence-electron chi connectivity index (χ4n) is 3.74. The van der Waals surface area contributed by atoms with Crippen molar-refractivity contribution in [1.82, 2.24) is 9.62 Å². The molecule has 0 radical (unpaired) electrons. The molecule has 0 aromatic heterocycles. The number of nitrogens with one attached hydrogen (secondary N) is 1. The number of hydrogen-bond acceptors (Lipinski definition) is 4. The van der Waals surface area contributed by atoms with Gasteiger partial charge in [0.1, 0.15) is 0 Å². The zero-order valence-electron chi connectivity index (χ0n) is 14.2. The summed E-state index contributed by atoms with van der Waals surface area (Å²) in [6.07, 6.45) is 4.90. The van der Waals surface area contributed by atoms with Crippen LogP contribution in [0.3, 0.4) is 0 Å². The van der Waals surface area contributed by atoms with Gasteiger partial charge in [0.25, 0.3) is 0 Å².